The molecule has 262 valence electrons. The van der Waals surface area contributed by atoms with Gasteiger partial charge in [0.1, 0.15) is 0 Å². The first-order valence-corrected chi connectivity index (χ1v) is 20.4. The van der Waals surface area contributed by atoms with Crippen LogP contribution in [0.2, 0.25) is 0 Å². The molecule has 0 atom stereocenters. The van der Waals surface area contributed by atoms with E-state index in [1.807, 2.05) is 11.3 Å². The smallest absolute Gasteiger partial charge is 0.0361 e. The molecule has 0 aliphatic heterocycles. The van der Waals surface area contributed by atoms with Crippen molar-refractivity contribution in [1.29, 1.82) is 0 Å². The summed E-state index contributed by atoms with van der Waals surface area (Å²) in [6.45, 7) is 4.84. The number of benzene rings is 10. The van der Waals surface area contributed by atoms with Crippen molar-refractivity contribution in [2.24, 2.45) is 0 Å². The molecule has 0 fully saturated rings. The van der Waals surface area contributed by atoms with Crippen LogP contribution in [-0.4, -0.2) is 0 Å². The predicted octanol–water partition coefficient (Wildman–Crippen LogP) is 16.0. The fraction of sp³-hybridized carbons (Fsp3) is 0.0545. The first-order valence-electron chi connectivity index (χ1n) is 19.6. The maximum absolute atomic E-state index is 2.46. The molecular weight excluding hydrogens is 693 g/mol. The highest BCUT2D eigenvalue weighted by molar-refractivity contribution is 7.25. The van der Waals surface area contributed by atoms with E-state index in [1.165, 1.54) is 119 Å². The zero-order chi connectivity index (χ0) is 37.1. The Labute approximate surface area is 329 Å². The van der Waals surface area contributed by atoms with Gasteiger partial charge in [-0.15, -0.1) is 11.3 Å². The summed E-state index contributed by atoms with van der Waals surface area (Å²) in [6, 6.07) is 68.1. The molecule has 0 unspecified atom stereocenters. The molecule has 0 N–H and O–H groups in total. The van der Waals surface area contributed by atoms with Crippen LogP contribution in [0.1, 0.15) is 25.0 Å². The number of thiophene rings is 1. The first-order chi connectivity index (χ1) is 27.5. The van der Waals surface area contributed by atoms with E-state index in [4.69, 9.17) is 0 Å². The summed E-state index contributed by atoms with van der Waals surface area (Å²) in [7, 11) is 0. The van der Waals surface area contributed by atoms with Crippen molar-refractivity contribution < 1.29 is 0 Å². The van der Waals surface area contributed by atoms with Crippen molar-refractivity contribution in [2.45, 2.75) is 19.3 Å². The maximum Gasteiger partial charge on any atom is 0.0361 e. The van der Waals surface area contributed by atoms with Gasteiger partial charge in [0.05, 0.1) is 0 Å². The maximum atomic E-state index is 2.46. The van der Waals surface area contributed by atoms with E-state index in [0.29, 0.717) is 0 Å². The number of rotatable bonds is 3. The quantitative estimate of drug-likeness (QED) is 0.159. The monoisotopic (exact) mass is 728 g/mol. The van der Waals surface area contributed by atoms with Gasteiger partial charge in [0.2, 0.25) is 0 Å². The Hall–Kier alpha value is -6.54. The van der Waals surface area contributed by atoms with Gasteiger partial charge in [-0.3, -0.25) is 0 Å². The summed E-state index contributed by atoms with van der Waals surface area (Å²) in [6.07, 6.45) is 0. The third kappa shape index (κ3) is 4.47. The van der Waals surface area contributed by atoms with E-state index in [9.17, 15) is 0 Å². The average molecular weight is 729 g/mol. The van der Waals surface area contributed by atoms with Crippen LogP contribution < -0.4 is 0 Å². The van der Waals surface area contributed by atoms with Crippen molar-refractivity contribution in [1.82, 2.24) is 0 Å². The summed E-state index contributed by atoms with van der Waals surface area (Å²) in [5, 5.41) is 13.1. The SMILES string of the molecule is CC1(C)c2ccc3ccccc3c2-c2ccc3sc4cc(-c5c6ccccc6c(-c6cccc(-c7ccc8ccccc8c7)c6)c6ccccc56)ccc4c3c21. The highest BCUT2D eigenvalue weighted by Gasteiger charge is 2.38. The van der Waals surface area contributed by atoms with E-state index in [0.717, 1.165) is 0 Å². The Bertz CT molecular complexity index is 3390. The van der Waals surface area contributed by atoms with Crippen LogP contribution in [0.25, 0.3) is 108 Å². The largest absolute Gasteiger partial charge is 0.135 e. The molecule has 0 amide bonds. The molecule has 1 heterocycles. The summed E-state index contributed by atoms with van der Waals surface area (Å²) in [5.41, 5.74) is 13.1. The highest BCUT2D eigenvalue weighted by Crippen LogP contribution is 2.56. The van der Waals surface area contributed by atoms with Crippen LogP contribution in [0.4, 0.5) is 0 Å². The van der Waals surface area contributed by atoms with Crippen molar-refractivity contribution in [2.75, 3.05) is 0 Å². The van der Waals surface area contributed by atoms with Crippen LogP contribution in [0.15, 0.2) is 182 Å². The second-order valence-corrected chi connectivity index (χ2v) is 17.1. The Kier molecular flexibility index (Phi) is 6.66. The second-order valence-electron chi connectivity index (χ2n) is 16.0. The molecule has 0 saturated heterocycles. The number of hydrogen-bond donors (Lipinski definition) is 0. The third-order valence-electron chi connectivity index (χ3n) is 12.6. The zero-order valence-electron chi connectivity index (χ0n) is 31.2. The lowest BCUT2D eigenvalue weighted by Crippen LogP contribution is -2.15. The molecule has 1 aliphatic carbocycles. The number of fused-ring (bicyclic) bond motifs is 12. The fourth-order valence-electron chi connectivity index (χ4n) is 10.1. The standard InChI is InChI=1S/C55H36S/c1-55(2)47-28-25-34-13-5-6-17-40(34)52(47)46-27-29-48-53(54(46)55)45-26-24-39(32-49(45)56-48)51-43-20-9-7-18-41(43)50(42-19-8-10-21-44(42)51)38-16-11-15-36(31-38)37-23-22-33-12-3-4-14-35(33)30-37/h3-32H,1-2H3. The van der Waals surface area contributed by atoms with Crippen LogP contribution in [-0.2, 0) is 5.41 Å². The van der Waals surface area contributed by atoms with Gasteiger partial charge in [0, 0.05) is 25.6 Å². The zero-order valence-corrected chi connectivity index (χ0v) is 32.0. The van der Waals surface area contributed by atoms with E-state index in [2.05, 4.69) is 196 Å². The lowest BCUT2D eigenvalue weighted by Gasteiger charge is -2.23. The van der Waals surface area contributed by atoms with Gasteiger partial charge in [-0.25, -0.2) is 0 Å². The van der Waals surface area contributed by atoms with Gasteiger partial charge in [0.15, 0.2) is 0 Å². The van der Waals surface area contributed by atoms with Gasteiger partial charge in [0.25, 0.3) is 0 Å². The lowest BCUT2D eigenvalue weighted by molar-refractivity contribution is 0.667. The van der Waals surface area contributed by atoms with Gasteiger partial charge >= 0.3 is 0 Å². The summed E-state index contributed by atoms with van der Waals surface area (Å²) < 4.78 is 2.69. The minimum Gasteiger partial charge on any atom is -0.135 e. The van der Waals surface area contributed by atoms with Crippen LogP contribution in [0.3, 0.4) is 0 Å². The topological polar surface area (TPSA) is 0 Å². The molecule has 0 saturated carbocycles. The minimum absolute atomic E-state index is 0.102. The van der Waals surface area contributed by atoms with Gasteiger partial charge < -0.3 is 0 Å². The van der Waals surface area contributed by atoms with Gasteiger partial charge in [-0.05, 0) is 123 Å². The van der Waals surface area contributed by atoms with Crippen molar-refractivity contribution in [3.8, 4) is 44.5 Å². The first kappa shape index (κ1) is 31.8. The third-order valence-corrected chi connectivity index (χ3v) is 13.7. The molecule has 0 spiro atoms. The van der Waals surface area contributed by atoms with E-state index in [-0.39, 0.29) is 5.41 Å². The number of hydrogen-bond acceptors (Lipinski definition) is 1. The van der Waals surface area contributed by atoms with Crippen LogP contribution in [0, 0.1) is 0 Å². The summed E-state index contributed by atoms with van der Waals surface area (Å²) in [5.74, 6) is 0. The van der Waals surface area contributed by atoms with Crippen LogP contribution in [0.5, 0.6) is 0 Å². The lowest BCUT2D eigenvalue weighted by atomic mass is 9.80. The molecule has 0 bridgehead atoms. The predicted molar refractivity (Wildman–Crippen MR) is 243 cm³/mol. The Balaban J connectivity index is 1.06. The van der Waals surface area contributed by atoms with E-state index in [1.54, 1.807) is 0 Å². The molecule has 1 aromatic heterocycles. The van der Waals surface area contributed by atoms with E-state index < -0.39 is 0 Å². The molecule has 56 heavy (non-hydrogen) atoms. The Morgan fingerprint density at radius 3 is 1.66 bits per heavy atom. The van der Waals surface area contributed by atoms with Gasteiger partial charge in [-0.2, -0.15) is 0 Å². The average Bonchev–Trinajstić information content (AvgIpc) is 3.73. The Morgan fingerprint density at radius 2 is 0.929 bits per heavy atom. The van der Waals surface area contributed by atoms with Crippen molar-refractivity contribution in [3.05, 3.63) is 193 Å². The van der Waals surface area contributed by atoms with Crippen molar-refractivity contribution >= 4 is 74.6 Å². The summed E-state index contributed by atoms with van der Waals surface area (Å²) in [4.78, 5) is 0. The molecular formula is C55H36S. The second kappa shape index (κ2) is 11.7. The van der Waals surface area contributed by atoms with Gasteiger partial charge in [-0.1, -0.05) is 172 Å². The van der Waals surface area contributed by atoms with Crippen molar-refractivity contribution in [3.63, 3.8) is 0 Å². The van der Waals surface area contributed by atoms with Crippen LogP contribution >= 0.6 is 11.3 Å². The molecule has 0 nitrogen and oxygen atoms in total. The highest BCUT2D eigenvalue weighted by atomic mass is 32.1. The normalized spacial score (nSPS) is 13.3. The molecule has 12 rings (SSSR count). The molecule has 10 aromatic carbocycles. The summed E-state index contributed by atoms with van der Waals surface area (Å²) >= 11 is 1.93. The molecule has 1 heteroatoms. The van der Waals surface area contributed by atoms with E-state index >= 15 is 0 Å². The molecule has 0 radical (unpaired) electrons. The molecule has 11 aromatic rings. The molecule has 1 aliphatic rings. The Morgan fingerprint density at radius 1 is 0.357 bits per heavy atom. The fourth-order valence-corrected chi connectivity index (χ4v) is 11.2. The minimum atomic E-state index is -0.102.